The van der Waals surface area contributed by atoms with E-state index >= 15 is 0 Å². The molecule has 0 aliphatic rings. The highest BCUT2D eigenvalue weighted by Crippen LogP contribution is 2.27. The summed E-state index contributed by atoms with van der Waals surface area (Å²) in [5, 5.41) is 2.77. The van der Waals surface area contributed by atoms with Crippen molar-refractivity contribution in [2.75, 3.05) is 10.0 Å². The molecular formula is C26H21ClN2O4S. The Morgan fingerprint density at radius 2 is 1.47 bits per heavy atom. The van der Waals surface area contributed by atoms with Gasteiger partial charge in [-0.2, -0.15) is 0 Å². The van der Waals surface area contributed by atoms with E-state index in [-0.39, 0.29) is 15.5 Å². The molecule has 0 atom stereocenters. The number of ether oxygens (including phenoxy) is 1. The Hall–Kier alpha value is -3.81. The van der Waals surface area contributed by atoms with Gasteiger partial charge in [-0.3, -0.25) is 9.52 Å². The van der Waals surface area contributed by atoms with Crippen LogP contribution in [0.2, 0.25) is 5.02 Å². The van der Waals surface area contributed by atoms with E-state index in [0.29, 0.717) is 22.9 Å². The molecule has 0 fully saturated rings. The van der Waals surface area contributed by atoms with E-state index in [4.69, 9.17) is 16.3 Å². The Labute approximate surface area is 203 Å². The average Bonchev–Trinajstić information content (AvgIpc) is 2.82. The van der Waals surface area contributed by atoms with Crippen LogP contribution in [0.25, 0.3) is 0 Å². The Balaban J connectivity index is 1.50. The number of rotatable bonds is 7. The van der Waals surface area contributed by atoms with Gasteiger partial charge in [0.15, 0.2) is 0 Å². The van der Waals surface area contributed by atoms with Crippen LogP contribution in [0.15, 0.2) is 102 Å². The van der Waals surface area contributed by atoms with Crippen molar-refractivity contribution >= 4 is 38.9 Å². The molecule has 4 rings (SSSR count). The molecule has 0 aromatic heterocycles. The molecule has 0 saturated heterocycles. The lowest BCUT2D eigenvalue weighted by atomic mass is 10.2. The Morgan fingerprint density at radius 1 is 0.824 bits per heavy atom. The van der Waals surface area contributed by atoms with Gasteiger partial charge in [-0.25, -0.2) is 8.42 Å². The van der Waals surface area contributed by atoms with Crippen LogP contribution in [-0.2, 0) is 10.0 Å². The fraction of sp³-hybridized carbons (Fsp3) is 0.0385. The summed E-state index contributed by atoms with van der Waals surface area (Å²) in [6.45, 7) is 1.79. The van der Waals surface area contributed by atoms with Crippen molar-refractivity contribution < 1.29 is 17.9 Å². The summed E-state index contributed by atoms with van der Waals surface area (Å²) < 4.78 is 34.2. The SMILES string of the molecule is Cc1ccccc1NS(=O)(=O)c1cc(C(=O)Nc2ccc(Oc3ccccc3)cc2)ccc1Cl. The molecule has 4 aromatic rings. The number of carbonyl (C=O) groups excluding carboxylic acids is 1. The maximum Gasteiger partial charge on any atom is 0.263 e. The Kier molecular flexibility index (Phi) is 6.86. The summed E-state index contributed by atoms with van der Waals surface area (Å²) in [5.41, 5.74) is 1.88. The van der Waals surface area contributed by atoms with E-state index in [1.165, 1.54) is 18.2 Å². The maximum absolute atomic E-state index is 13.0. The molecule has 0 spiro atoms. The van der Waals surface area contributed by atoms with Gasteiger partial charge < -0.3 is 10.1 Å². The van der Waals surface area contributed by atoms with E-state index in [2.05, 4.69) is 10.0 Å². The van der Waals surface area contributed by atoms with Crippen LogP contribution in [0.1, 0.15) is 15.9 Å². The van der Waals surface area contributed by atoms with Crippen molar-refractivity contribution in [1.29, 1.82) is 0 Å². The van der Waals surface area contributed by atoms with Crippen molar-refractivity contribution in [3.05, 3.63) is 113 Å². The van der Waals surface area contributed by atoms with Crippen molar-refractivity contribution in [2.45, 2.75) is 11.8 Å². The molecule has 0 radical (unpaired) electrons. The van der Waals surface area contributed by atoms with E-state index in [1.807, 2.05) is 36.4 Å². The Morgan fingerprint density at radius 3 is 2.18 bits per heavy atom. The molecule has 0 heterocycles. The molecule has 34 heavy (non-hydrogen) atoms. The number of amides is 1. The van der Waals surface area contributed by atoms with Gasteiger partial charge in [0.25, 0.3) is 15.9 Å². The molecule has 172 valence electrons. The number of benzene rings is 4. The molecule has 0 saturated carbocycles. The number of sulfonamides is 1. The number of carbonyl (C=O) groups is 1. The minimum absolute atomic E-state index is 0.0139. The smallest absolute Gasteiger partial charge is 0.263 e. The lowest BCUT2D eigenvalue weighted by Crippen LogP contribution is -2.17. The van der Waals surface area contributed by atoms with Gasteiger partial charge in [0.2, 0.25) is 0 Å². The van der Waals surface area contributed by atoms with Crippen molar-refractivity contribution in [3.8, 4) is 11.5 Å². The summed E-state index contributed by atoms with van der Waals surface area (Å²) in [6.07, 6.45) is 0. The van der Waals surface area contributed by atoms with Gasteiger partial charge in [-0.1, -0.05) is 48.0 Å². The first-order chi connectivity index (χ1) is 16.3. The first-order valence-corrected chi connectivity index (χ1v) is 12.2. The number of anilines is 2. The molecule has 4 aromatic carbocycles. The van der Waals surface area contributed by atoms with Crippen LogP contribution >= 0.6 is 11.6 Å². The lowest BCUT2D eigenvalue weighted by molar-refractivity contribution is 0.102. The van der Waals surface area contributed by atoms with Gasteiger partial charge in [0.05, 0.1) is 10.7 Å². The summed E-state index contributed by atoms with van der Waals surface area (Å²) >= 11 is 6.17. The fourth-order valence-corrected chi connectivity index (χ4v) is 4.83. The van der Waals surface area contributed by atoms with Crippen molar-refractivity contribution in [3.63, 3.8) is 0 Å². The molecule has 1 amide bonds. The third-order valence-corrected chi connectivity index (χ3v) is 6.81. The normalized spacial score (nSPS) is 11.0. The molecule has 2 N–H and O–H groups in total. The second-order valence-corrected chi connectivity index (χ2v) is 9.52. The quantitative estimate of drug-likeness (QED) is 0.308. The zero-order valence-corrected chi connectivity index (χ0v) is 19.7. The predicted octanol–water partition coefficient (Wildman–Crippen LogP) is 6.49. The maximum atomic E-state index is 13.0. The van der Waals surface area contributed by atoms with Gasteiger partial charge in [-0.05, 0) is 73.2 Å². The number of hydrogen-bond donors (Lipinski definition) is 2. The molecular weight excluding hydrogens is 472 g/mol. The van der Waals surface area contributed by atoms with E-state index in [0.717, 1.165) is 5.56 Å². The molecule has 6 nitrogen and oxygen atoms in total. The van der Waals surface area contributed by atoms with E-state index < -0.39 is 15.9 Å². The van der Waals surface area contributed by atoms with Crippen LogP contribution in [0.5, 0.6) is 11.5 Å². The van der Waals surface area contributed by atoms with Crippen LogP contribution in [0, 0.1) is 6.92 Å². The summed E-state index contributed by atoms with van der Waals surface area (Å²) in [4.78, 5) is 12.6. The average molecular weight is 493 g/mol. The minimum Gasteiger partial charge on any atom is -0.457 e. The third-order valence-electron chi connectivity index (χ3n) is 4.96. The van der Waals surface area contributed by atoms with Gasteiger partial charge >= 0.3 is 0 Å². The van der Waals surface area contributed by atoms with Crippen LogP contribution in [-0.4, -0.2) is 14.3 Å². The second-order valence-electron chi connectivity index (χ2n) is 7.46. The number of halogens is 1. The number of hydrogen-bond acceptors (Lipinski definition) is 4. The summed E-state index contributed by atoms with van der Waals surface area (Å²) in [5.74, 6) is 0.848. The fourth-order valence-electron chi connectivity index (χ4n) is 3.17. The van der Waals surface area contributed by atoms with Crippen LogP contribution in [0.3, 0.4) is 0 Å². The van der Waals surface area contributed by atoms with Crippen molar-refractivity contribution in [2.24, 2.45) is 0 Å². The number of aryl methyl sites for hydroxylation is 1. The van der Waals surface area contributed by atoms with Crippen molar-refractivity contribution in [1.82, 2.24) is 0 Å². The largest absolute Gasteiger partial charge is 0.457 e. The third kappa shape index (κ3) is 5.57. The highest BCUT2D eigenvalue weighted by molar-refractivity contribution is 7.92. The summed E-state index contributed by atoms with van der Waals surface area (Å²) in [6, 6.07) is 27.3. The second kappa shape index (κ2) is 9.99. The molecule has 8 heteroatoms. The molecule has 0 unspecified atom stereocenters. The van der Waals surface area contributed by atoms with E-state index in [9.17, 15) is 13.2 Å². The first kappa shape index (κ1) is 23.4. The standard InChI is InChI=1S/C26H21ClN2O4S/c1-18-7-5-6-10-24(18)29-34(31,32)25-17-19(11-16-23(25)27)26(30)28-20-12-14-22(15-13-20)33-21-8-3-2-4-9-21/h2-17,29H,1H3,(H,28,30). The lowest BCUT2D eigenvalue weighted by Gasteiger charge is -2.13. The zero-order chi connectivity index (χ0) is 24.1. The zero-order valence-electron chi connectivity index (χ0n) is 18.2. The molecule has 0 aliphatic heterocycles. The predicted molar refractivity (Wildman–Crippen MR) is 134 cm³/mol. The molecule has 0 aliphatic carbocycles. The van der Waals surface area contributed by atoms with Crippen LogP contribution in [0.4, 0.5) is 11.4 Å². The highest BCUT2D eigenvalue weighted by atomic mass is 35.5. The van der Waals surface area contributed by atoms with E-state index in [1.54, 1.807) is 49.4 Å². The number of para-hydroxylation sites is 2. The van der Waals surface area contributed by atoms with Gasteiger partial charge in [0.1, 0.15) is 16.4 Å². The monoisotopic (exact) mass is 492 g/mol. The minimum atomic E-state index is -4.01. The Bertz CT molecular complexity index is 1420. The molecule has 0 bridgehead atoms. The van der Waals surface area contributed by atoms with Gasteiger partial charge in [0, 0.05) is 11.3 Å². The number of nitrogens with one attached hydrogen (secondary N) is 2. The topological polar surface area (TPSA) is 84.5 Å². The van der Waals surface area contributed by atoms with Gasteiger partial charge in [-0.15, -0.1) is 0 Å². The highest BCUT2D eigenvalue weighted by Gasteiger charge is 2.21. The summed E-state index contributed by atoms with van der Waals surface area (Å²) in [7, 11) is -4.01. The first-order valence-electron chi connectivity index (χ1n) is 10.3. The van der Waals surface area contributed by atoms with Crippen LogP contribution < -0.4 is 14.8 Å².